The summed E-state index contributed by atoms with van der Waals surface area (Å²) in [6.45, 7) is 0.0793. The molecule has 0 N–H and O–H groups in total. The Bertz CT molecular complexity index is 753. The number of rotatable bonds is 4. The maximum Gasteiger partial charge on any atom is 0.338 e. The van der Waals surface area contributed by atoms with Crippen LogP contribution in [0.5, 0.6) is 0 Å². The molecule has 0 saturated carbocycles. The number of carbonyl (C=O) groups excluding carboxylic acids is 1. The van der Waals surface area contributed by atoms with E-state index in [1.807, 2.05) is 22.2 Å². The van der Waals surface area contributed by atoms with E-state index in [1.54, 1.807) is 11.3 Å². The number of halogens is 1. The van der Waals surface area contributed by atoms with E-state index in [0.29, 0.717) is 5.69 Å². The number of benzene rings is 1. The van der Waals surface area contributed by atoms with E-state index in [4.69, 9.17) is 4.74 Å². The van der Waals surface area contributed by atoms with Gasteiger partial charge in [-0.25, -0.2) is 14.2 Å². The summed E-state index contributed by atoms with van der Waals surface area (Å²) in [6.07, 6.45) is 0. The minimum Gasteiger partial charge on any atom is -0.456 e. The van der Waals surface area contributed by atoms with Gasteiger partial charge < -0.3 is 4.74 Å². The summed E-state index contributed by atoms with van der Waals surface area (Å²) in [5.74, 6) is -1.02. The molecule has 0 unspecified atom stereocenters. The molecule has 0 radical (unpaired) electrons. The second kappa shape index (κ2) is 6.15. The maximum absolute atomic E-state index is 13.0. The smallest absolute Gasteiger partial charge is 0.338 e. The molecule has 0 bridgehead atoms. The summed E-state index contributed by atoms with van der Waals surface area (Å²) in [7, 11) is 0. The van der Waals surface area contributed by atoms with Crippen molar-refractivity contribution < 1.29 is 13.9 Å². The molecule has 0 fully saturated rings. The van der Waals surface area contributed by atoms with Crippen LogP contribution < -0.4 is 0 Å². The van der Waals surface area contributed by atoms with Crippen molar-refractivity contribution in [2.24, 2.45) is 0 Å². The van der Waals surface area contributed by atoms with Crippen LogP contribution in [0, 0.1) is 5.82 Å². The van der Waals surface area contributed by atoms with Crippen LogP contribution in [-0.4, -0.2) is 11.0 Å². The second-order valence-electron chi connectivity index (χ2n) is 4.24. The second-order valence-corrected chi connectivity index (χ2v) is 5.88. The van der Waals surface area contributed by atoms with Gasteiger partial charge in [0.05, 0.1) is 11.3 Å². The molecule has 0 aliphatic carbocycles. The Hall–Kier alpha value is -2.05. The molecular weight excluding hydrogens is 309 g/mol. The number of carbonyl (C=O) groups is 1. The number of aromatic nitrogens is 1. The maximum atomic E-state index is 13.0. The molecule has 0 amide bonds. The molecule has 2 aromatic heterocycles. The van der Waals surface area contributed by atoms with Crippen LogP contribution in [0.4, 0.5) is 4.39 Å². The predicted octanol–water partition coefficient (Wildman–Crippen LogP) is 4.37. The van der Waals surface area contributed by atoms with E-state index in [9.17, 15) is 9.18 Å². The molecule has 6 heteroatoms. The molecular formula is C15H10FNO2S2. The van der Waals surface area contributed by atoms with Crippen molar-refractivity contribution in [2.45, 2.75) is 6.61 Å². The molecule has 21 heavy (non-hydrogen) atoms. The Morgan fingerprint density at radius 2 is 2.19 bits per heavy atom. The van der Waals surface area contributed by atoms with Crippen molar-refractivity contribution >= 4 is 28.6 Å². The van der Waals surface area contributed by atoms with E-state index < -0.39 is 11.8 Å². The number of ether oxygens (including phenoxy) is 1. The first kappa shape index (κ1) is 13.9. The van der Waals surface area contributed by atoms with Crippen molar-refractivity contribution in [3.8, 4) is 10.6 Å². The van der Waals surface area contributed by atoms with Gasteiger partial charge in [0.2, 0.25) is 0 Å². The van der Waals surface area contributed by atoms with Gasteiger partial charge >= 0.3 is 5.97 Å². The number of nitrogens with zero attached hydrogens (tertiary/aromatic N) is 1. The topological polar surface area (TPSA) is 39.2 Å². The van der Waals surface area contributed by atoms with Crippen LogP contribution >= 0.6 is 22.7 Å². The largest absolute Gasteiger partial charge is 0.456 e. The normalized spacial score (nSPS) is 10.5. The highest BCUT2D eigenvalue weighted by Crippen LogP contribution is 2.25. The molecule has 0 saturated heterocycles. The Labute approximate surface area is 128 Å². The first-order valence-electron chi connectivity index (χ1n) is 6.12. The molecule has 0 aliphatic heterocycles. The van der Waals surface area contributed by atoms with Crippen molar-refractivity contribution in [1.82, 2.24) is 4.98 Å². The zero-order valence-corrected chi connectivity index (χ0v) is 12.4. The standard InChI is InChI=1S/C15H10FNO2S2/c16-12-3-1-2-10(6-12)15(18)19-7-13-9-21-14(17-13)11-4-5-20-8-11/h1-6,8-9H,7H2. The fourth-order valence-electron chi connectivity index (χ4n) is 1.73. The van der Waals surface area contributed by atoms with Gasteiger partial charge in [-0.2, -0.15) is 11.3 Å². The van der Waals surface area contributed by atoms with Gasteiger partial charge in [0.25, 0.3) is 0 Å². The Balaban J connectivity index is 1.64. The number of hydrogen-bond donors (Lipinski definition) is 0. The predicted molar refractivity (Wildman–Crippen MR) is 80.9 cm³/mol. The highest BCUT2D eigenvalue weighted by Gasteiger charge is 2.10. The van der Waals surface area contributed by atoms with Crippen LogP contribution in [0.2, 0.25) is 0 Å². The number of thiophene rings is 1. The van der Waals surface area contributed by atoms with Gasteiger partial charge in [0.1, 0.15) is 17.4 Å². The van der Waals surface area contributed by atoms with Gasteiger partial charge in [-0.05, 0) is 29.6 Å². The summed E-state index contributed by atoms with van der Waals surface area (Å²) in [5, 5.41) is 6.75. The molecule has 3 rings (SSSR count). The van der Waals surface area contributed by atoms with Crippen molar-refractivity contribution in [3.05, 3.63) is 63.5 Å². The van der Waals surface area contributed by atoms with E-state index >= 15 is 0 Å². The quantitative estimate of drug-likeness (QED) is 0.670. The van der Waals surface area contributed by atoms with Gasteiger partial charge in [-0.3, -0.25) is 0 Å². The highest BCUT2D eigenvalue weighted by molar-refractivity contribution is 7.14. The Kier molecular flexibility index (Phi) is 4.08. The monoisotopic (exact) mass is 319 g/mol. The average Bonchev–Trinajstić information content (AvgIpc) is 3.15. The third kappa shape index (κ3) is 3.34. The fourth-order valence-corrected chi connectivity index (χ4v) is 3.25. The molecule has 2 heterocycles. The molecule has 3 aromatic rings. The molecule has 1 aromatic carbocycles. The Morgan fingerprint density at radius 3 is 2.95 bits per heavy atom. The average molecular weight is 319 g/mol. The van der Waals surface area contributed by atoms with Crippen LogP contribution in [-0.2, 0) is 11.3 Å². The zero-order chi connectivity index (χ0) is 14.7. The number of thiazole rings is 1. The van der Waals surface area contributed by atoms with E-state index in [1.165, 1.54) is 29.5 Å². The van der Waals surface area contributed by atoms with Crippen LogP contribution in [0.1, 0.15) is 16.1 Å². The van der Waals surface area contributed by atoms with Crippen molar-refractivity contribution in [2.75, 3.05) is 0 Å². The summed E-state index contributed by atoms with van der Waals surface area (Å²) < 4.78 is 18.2. The number of esters is 1. The first-order chi connectivity index (χ1) is 10.2. The lowest BCUT2D eigenvalue weighted by atomic mass is 10.2. The minimum absolute atomic E-state index is 0.0793. The summed E-state index contributed by atoms with van der Waals surface area (Å²) >= 11 is 3.11. The van der Waals surface area contributed by atoms with Gasteiger partial charge in [-0.15, -0.1) is 11.3 Å². The fraction of sp³-hybridized carbons (Fsp3) is 0.0667. The SMILES string of the molecule is O=C(OCc1csc(-c2ccsc2)n1)c1cccc(F)c1. The van der Waals surface area contributed by atoms with E-state index in [0.717, 1.165) is 16.6 Å². The molecule has 0 spiro atoms. The van der Waals surface area contributed by atoms with Crippen LogP contribution in [0.15, 0.2) is 46.5 Å². The van der Waals surface area contributed by atoms with Gasteiger partial charge in [0, 0.05) is 16.3 Å². The molecule has 0 aliphatic rings. The lowest BCUT2D eigenvalue weighted by Crippen LogP contribution is -2.05. The first-order valence-corrected chi connectivity index (χ1v) is 7.94. The van der Waals surface area contributed by atoms with Crippen molar-refractivity contribution in [3.63, 3.8) is 0 Å². The molecule has 0 atom stereocenters. The van der Waals surface area contributed by atoms with Crippen LogP contribution in [0.3, 0.4) is 0 Å². The number of hydrogen-bond acceptors (Lipinski definition) is 5. The van der Waals surface area contributed by atoms with Crippen LogP contribution in [0.25, 0.3) is 10.6 Å². The Morgan fingerprint density at radius 1 is 1.29 bits per heavy atom. The van der Waals surface area contributed by atoms with Crippen molar-refractivity contribution in [1.29, 1.82) is 0 Å². The third-order valence-electron chi connectivity index (χ3n) is 2.73. The molecule has 106 valence electrons. The highest BCUT2D eigenvalue weighted by atomic mass is 32.1. The zero-order valence-electron chi connectivity index (χ0n) is 10.8. The van der Waals surface area contributed by atoms with E-state index in [-0.39, 0.29) is 12.2 Å². The lowest BCUT2D eigenvalue weighted by Gasteiger charge is -2.02. The third-order valence-corrected chi connectivity index (χ3v) is 4.35. The van der Waals surface area contributed by atoms with E-state index in [2.05, 4.69) is 4.98 Å². The summed E-state index contributed by atoms with van der Waals surface area (Å²) in [6, 6.07) is 7.42. The minimum atomic E-state index is -0.556. The lowest BCUT2D eigenvalue weighted by molar-refractivity contribution is 0.0468. The van der Waals surface area contributed by atoms with Gasteiger partial charge in [-0.1, -0.05) is 6.07 Å². The molecule has 3 nitrogen and oxygen atoms in total. The summed E-state index contributed by atoms with van der Waals surface area (Å²) in [5.41, 5.74) is 1.95. The summed E-state index contributed by atoms with van der Waals surface area (Å²) in [4.78, 5) is 16.2. The van der Waals surface area contributed by atoms with Gasteiger partial charge in [0.15, 0.2) is 0 Å².